The summed E-state index contributed by atoms with van der Waals surface area (Å²) in [6.45, 7) is 5.73. The first kappa shape index (κ1) is 20.3. The van der Waals surface area contributed by atoms with Gasteiger partial charge in [0.25, 0.3) is 5.91 Å². The van der Waals surface area contributed by atoms with Crippen molar-refractivity contribution in [1.29, 1.82) is 0 Å². The molecule has 0 saturated carbocycles. The largest absolute Gasteiger partial charge is 0.320 e. The number of amides is 1. The summed E-state index contributed by atoms with van der Waals surface area (Å²) in [5.41, 5.74) is 2.77. The Bertz CT molecular complexity index is 684. The predicted molar refractivity (Wildman–Crippen MR) is 97.3 cm³/mol. The summed E-state index contributed by atoms with van der Waals surface area (Å²) in [6, 6.07) is 3.90. The van der Waals surface area contributed by atoms with E-state index < -0.39 is 0 Å². The number of hydrogen-bond donors (Lipinski definition) is 2. The number of piperidine rings is 1. The summed E-state index contributed by atoms with van der Waals surface area (Å²) >= 11 is 0. The second kappa shape index (κ2) is 8.96. The van der Waals surface area contributed by atoms with E-state index in [0.29, 0.717) is 17.4 Å². The molecule has 0 aromatic carbocycles. The van der Waals surface area contributed by atoms with Crippen molar-refractivity contribution in [3.8, 4) is 0 Å². The Morgan fingerprint density at radius 1 is 1.29 bits per heavy atom. The first-order valence-corrected chi connectivity index (χ1v) is 7.51. The zero-order valence-electron chi connectivity index (χ0n) is 13.7. The molecule has 9 heteroatoms. The summed E-state index contributed by atoms with van der Waals surface area (Å²) in [5, 5.41) is 14.4. The number of hydrogen-bond acceptors (Lipinski definition) is 5. The number of nitrogens with one attached hydrogen (secondary N) is 2. The van der Waals surface area contributed by atoms with Crippen LogP contribution in [0.15, 0.2) is 18.3 Å². The molecule has 2 N–H and O–H groups in total. The van der Waals surface area contributed by atoms with Crippen molar-refractivity contribution in [3.63, 3.8) is 0 Å². The fourth-order valence-electron chi connectivity index (χ4n) is 2.76. The molecule has 7 nitrogen and oxygen atoms in total. The van der Waals surface area contributed by atoms with E-state index in [9.17, 15) is 4.79 Å². The molecule has 1 aliphatic rings. The number of aryl methyl sites for hydroxylation is 1. The van der Waals surface area contributed by atoms with Crippen molar-refractivity contribution in [2.75, 3.05) is 18.4 Å². The van der Waals surface area contributed by atoms with Crippen molar-refractivity contribution >= 4 is 36.4 Å². The highest BCUT2D eigenvalue weighted by Gasteiger charge is 2.22. The van der Waals surface area contributed by atoms with Crippen molar-refractivity contribution in [2.24, 2.45) is 0 Å². The van der Waals surface area contributed by atoms with Gasteiger partial charge >= 0.3 is 0 Å². The first-order chi connectivity index (χ1) is 10.6. The van der Waals surface area contributed by atoms with Crippen LogP contribution in [0.3, 0.4) is 0 Å². The van der Waals surface area contributed by atoms with E-state index in [1.54, 1.807) is 12.3 Å². The molecule has 3 heterocycles. The lowest BCUT2D eigenvalue weighted by Gasteiger charge is -2.23. The van der Waals surface area contributed by atoms with E-state index in [0.717, 1.165) is 37.3 Å². The van der Waals surface area contributed by atoms with Crippen LogP contribution < -0.4 is 10.6 Å². The summed E-state index contributed by atoms with van der Waals surface area (Å²) < 4.78 is 1.88. The molecule has 0 bridgehead atoms. The molecule has 0 atom stereocenters. The average Bonchev–Trinajstić information content (AvgIpc) is 2.90. The van der Waals surface area contributed by atoms with E-state index in [4.69, 9.17) is 0 Å². The Morgan fingerprint density at radius 2 is 2.00 bits per heavy atom. The fraction of sp³-hybridized carbons (Fsp3) is 0.467. The maximum Gasteiger partial charge on any atom is 0.278 e. The third-order valence-corrected chi connectivity index (χ3v) is 3.95. The average molecular weight is 373 g/mol. The van der Waals surface area contributed by atoms with E-state index in [1.165, 1.54) is 0 Å². The van der Waals surface area contributed by atoms with Gasteiger partial charge in [0.2, 0.25) is 0 Å². The van der Waals surface area contributed by atoms with Crippen molar-refractivity contribution in [2.45, 2.75) is 32.7 Å². The van der Waals surface area contributed by atoms with Crippen LogP contribution in [0.5, 0.6) is 0 Å². The van der Waals surface area contributed by atoms with Gasteiger partial charge in [0.15, 0.2) is 5.69 Å². The minimum Gasteiger partial charge on any atom is -0.320 e. The number of anilines is 1. The van der Waals surface area contributed by atoms with Crippen LogP contribution in [0.4, 0.5) is 5.69 Å². The van der Waals surface area contributed by atoms with E-state index >= 15 is 0 Å². The molecule has 1 aliphatic heterocycles. The molecule has 0 unspecified atom stereocenters. The van der Waals surface area contributed by atoms with Crippen LogP contribution in [-0.4, -0.2) is 39.0 Å². The van der Waals surface area contributed by atoms with Crippen LogP contribution in [-0.2, 0) is 0 Å². The zero-order valence-corrected chi connectivity index (χ0v) is 15.3. The highest BCUT2D eigenvalue weighted by molar-refractivity contribution is 6.03. The van der Waals surface area contributed by atoms with Gasteiger partial charge in [-0.3, -0.25) is 9.78 Å². The number of rotatable bonds is 3. The highest BCUT2D eigenvalue weighted by Crippen LogP contribution is 2.20. The third-order valence-electron chi connectivity index (χ3n) is 3.95. The SMILES string of the molecule is Cc1cc(NC(=O)c2nnn(C3CCNCC3)c2C)ccn1.Cl.Cl. The van der Waals surface area contributed by atoms with Gasteiger partial charge in [-0.1, -0.05) is 5.21 Å². The van der Waals surface area contributed by atoms with E-state index in [2.05, 4.69) is 25.9 Å². The molecule has 132 valence electrons. The maximum atomic E-state index is 12.4. The zero-order chi connectivity index (χ0) is 15.5. The summed E-state index contributed by atoms with van der Waals surface area (Å²) in [5.74, 6) is -0.233. The summed E-state index contributed by atoms with van der Waals surface area (Å²) in [7, 11) is 0. The maximum absolute atomic E-state index is 12.4. The van der Waals surface area contributed by atoms with Crippen LogP contribution >= 0.6 is 24.8 Å². The number of carbonyl (C=O) groups excluding carboxylic acids is 1. The van der Waals surface area contributed by atoms with Gasteiger partial charge in [0, 0.05) is 17.6 Å². The van der Waals surface area contributed by atoms with Crippen molar-refractivity contribution in [1.82, 2.24) is 25.3 Å². The smallest absolute Gasteiger partial charge is 0.278 e. The second-order valence-electron chi connectivity index (χ2n) is 5.59. The molecule has 2 aromatic heterocycles. The lowest BCUT2D eigenvalue weighted by molar-refractivity contribution is 0.102. The Balaban J connectivity index is 0.00000144. The minimum absolute atomic E-state index is 0. The molecular formula is C15H22Cl2N6O. The molecule has 24 heavy (non-hydrogen) atoms. The van der Waals surface area contributed by atoms with Crippen LogP contribution in [0, 0.1) is 13.8 Å². The van der Waals surface area contributed by atoms with E-state index in [1.807, 2.05) is 24.6 Å². The normalized spacial score (nSPS) is 14.4. The van der Waals surface area contributed by atoms with Crippen molar-refractivity contribution in [3.05, 3.63) is 35.4 Å². The molecule has 1 amide bonds. The fourth-order valence-corrected chi connectivity index (χ4v) is 2.76. The summed E-state index contributed by atoms with van der Waals surface area (Å²) in [6.07, 6.45) is 3.69. The molecule has 0 radical (unpaired) electrons. The third kappa shape index (κ3) is 4.43. The van der Waals surface area contributed by atoms with Crippen molar-refractivity contribution < 1.29 is 4.79 Å². The number of aromatic nitrogens is 4. The monoisotopic (exact) mass is 372 g/mol. The highest BCUT2D eigenvalue weighted by atomic mass is 35.5. The van der Waals surface area contributed by atoms with E-state index in [-0.39, 0.29) is 30.7 Å². The molecule has 1 fully saturated rings. The molecule has 3 rings (SSSR count). The van der Waals surface area contributed by atoms with Gasteiger partial charge in [-0.25, -0.2) is 4.68 Å². The van der Waals surface area contributed by atoms with Crippen LogP contribution in [0.1, 0.15) is 40.8 Å². The minimum atomic E-state index is -0.233. The van der Waals surface area contributed by atoms with Crippen LogP contribution in [0.2, 0.25) is 0 Å². The van der Waals surface area contributed by atoms with Crippen LogP contribution in [0.25, 0.3) is 0 Å². The first-order valence-electron chi connectivity index (χ1n) is 7.51. The lowest BCUT2D eigenvalue weighted by atomic mass is 10.1. The number of nitrogens with zero attached hydrogens (tertiary/aromatic N) is 4. The molecule has 1 saturated heterocycles. The Kier molecular flexibility index (Phi) is 7.59. The van der Waals surface area contributed by atoms with Gasteiger partial charge in [0.05, 0.1) is 11.7 Å². The van der Waals surface area contributed by atoms with Gasteiger partial charge in [-0.05, 0) is 51.9 Å². The Morgan fingerprint density at radius 3 is 2.67 bits per heavy atom. The number of carbonyl (C=O) groups is 1. The molecule has 2 aromatic rings. The molecule has 0 aliphatic carbocycles. The van der Waals surface area contributed by atoms with Gasteiger partial charge in [0.1, 0.15) is 0 Å². The lowest BCUT2D eigenvalue weighted by Crippen LogP contribution is -2.30. The second-order valence-corrected chi connectivity index (χ2v) is 5.59. The quantitative estimate of drug-likeness (QED) is 0.863. The molecule has 0 spiro atoms. The number of pyridine rings is 1. The summed E-state index contributed by atoms with van der Waals surface area (Å²) in [4.78, 5) is 16.5. The van der Waals surface area contributed by atoms with Gasteiger partial charge < -0.3 is 10.6 Å². The van der Waals surface area contributed by atoms with Gasteiger partial charge in [-0.15, -0.1) is 29.9 Å². The molecular weight excluding hydrogens is 351 g/mol. The predicted octanol–water partition coefficient (Wildman–Crippen LogP) is 2.31. The topological polar surface area (TPSA) is 84.7 Å². The Hall–Kier alpha value is -1.70. The number of halogens is 2. The van der Waals surface area contributed by atoms with Gasteiger partial charge in [-0.2, -0.15) is 0 Å². The Labute approximate surface area is 153 Å². The standard InChI is InChI=1S/C15H20N6O.2ClH/c1-10-9-12(3-8-17-10)18-15(22)14-11(2)21(20-19-14)13-4-6-16-7-5-13;;/h3,8-9,13,16H,4-7H2,1-2H3,(H,17,18,22);2*1H.